The van der Waals surface area contributed by atoms with Crippen LogP contribution in [0.5, 0.6) is 11.5 Å². The van der Waals surface area contributed by atoms with Crippen LogP contribution in [-0.4, -0.2) is 47.4 Å². The number of imide groups is 1. The Morgan fingerprint density at radius 3 is 2.62 bits per heavy atom. The fraction of sp³-hybridized carbons (Fsp3) is 0.267. The quantitative estimate of drug-likeness (QED) is 0.642. The van der Waals surface area contributed by atoms with Gasteiger partial charge in [0.15, 0.2) is 11.5 Å². The predicted molar refractivity (Wildman–Crippen MR) is 89.0 cm³/mol. The molecule has 1 aromatic rings. The molecule has 0 bridgehead atoms. The summed E-state index contributed by atoms with van der Waals surface area (Å²) in [6.45, 7) is 1.39. The van der Waals surface area contributed by atoms with Crippen molar-refractivity contribution in [2.45, 2.75) is 13.0 Å². The lowest BCUT2D eigenvalue weighted by atomic mass is 10.1. The van der Waals surface area contributed by atoms with E-state index in [1.165, 1.54) is 39.4 Å². The number of esters is 1. The van der Waals surface area contributed by atoms with Crippen molar-refractivity contribution < 1.29 is 29.0 Å². The lowest BCUT2D eigenvalue weighted by Crippen LogP contribution is -2.42. The summed E-state index contributed by atoms with van der Waals surface area (Å²) in [4.78, 5) is 36.8. The lowest BCUT2D eigenvalue weighted by molar-refractivity contribution is -0.148. The SMILES string of the molecule is COC(=O)[C@H](C)N1C(=O)S/C(=C\c2cc(Cl)cc(OC)c2O)C1=O. The van der Waals surface area contributed by atoms with Gasteiger partial charge in [0.1, 0.15) is 6.04 Å². The van der Waals surface area contributed by atoms with E-state index in [-0.39, 0.29) is 27.0 Å². The first-order chi connectivity index (χ1) is 11.3. The van der Waals surface area contributed by atoms with Crippen LogP contribution in [0.1, 0.15) is 12.5 Å². The van der Waals surface area contributed by atoms with Crippen molar-refractivity contribution in [1.29, 1.82) is 0 Å². The topological polar surface area (TPSA) is 93.1 Å². The summed E-state index contributed by atoms with van der Waals surface area (Å²) in [5, 5.41) is 9.80. The van der Waals surface area contributed by atoms with Crippen LogP contribution in [0.4, 0.5) is 4.79 Å². The molecule has 2 amide bonds. The van der Waals surface area contributed by atoms with Crippen molar-refractivity contribution in [2.24, 2.45) is 0 Å². The Kier molecular flexibility index (Phi) is 5.40. The molecule has 1 atom stereocenters. The molecule has 0 aromatic heterocycles. The molecule has 1 aliphatic heterocycles. The lowest BCUT2D eigenvalue weighted by Gasteiger charge is -2.18. The van der Waals surface area contributed by atoms with Crippen molar-refractivity contribution in [1.82, 2.24) is 4.90 Å². The van der Waals surface area contributed by atoms with Gasteiger partial charge < -0.3 is 14.6 Å². The molecule has 1 aromatic carbocycles. The maximum absolute atomic E-state index is 12.4. The highest BCUT2D eigenvalue weighted by atomic mass is 35.5. The fourth-order valence-electron chi connectivity index (χ4n) is 2.09. The van der Waals surface area contributed by atoms with Crippen LogP contribution in [0.3, 0.4) is 0 Å². The van der Waals surface area contributed by atoms with Gasteiger partial charge in [-0.3, -0.25) is 14.5 Å². The molecular weight excluding hydrogens is 358 g/mol. The molecule has 1 heterocycles. The van der Waals surface area contributed by atoms with Crippen LogP contribution in [-0.2, 0) is 14.3 Å². The number of carbonyl (C=O) groups excluding carboxylic acids is 3. The number of amides is 2. The number of rotatable bonds is 4. The molecule has 0 unspecified atom stereocenters. The second-order valence-electron chi connectivity index (χ2n) is 4.80. The molecule has 1 aliphatic rings. The molecule has 0 spiro atoms. The normalized spacial score (nSPS) is 17.3. The minimum Gasteiger partial charge on any atom is -0.504 e. The maximum atomic E-state index is 12.4. The van der Waals surface area contributed by atoms with E-state index in [1.807, 2.05) is 0 Å². The van der Waals surface area contributed by atoms with E-state index >= 15 is 0 Å². The molecule has 0 aliphatic carbocycles. The Labute approximate surface area is 147 Å². The maximum Gasteiger partial charge on any atom is 0.328 e. The summed E-state index contributed by atoms with van der Waals surface area (Å²) < 4.78 is 9.54. The summed E-state index contributed by atoms with van der Waals surface area (Å²) in [7, 11) is 2.53. The molecule has 9 heteroatoms. The van der Waals surface area contributed by atoms with E-state index < -0.39 is 23.2 Å². The van der Waals surface area contributed by atoms with Gasteiger partial charge in [-0.05, 0) is 30.8 Å². The van der Waals surface area contributed by atoms with Gasteiger partial charge >= 0.3 is 5.97 Å². The van der Waals surface area contributed by atoms with Gasteiger partial charge in [-0.2, -0.15) is 0 Å². The Bertz CT molecular complexity index is 748. The average Bonchev–Trinajstić information content (AvgIpc) is 2.82. The number of ether oxygens (including phenoxy) is 2. The van der Waals surface area contributed by atoms with E-state index in [0.29, 0.717) is 11.8 Å². The third-order valence-corrected chi connectivity index (χ3v) is 4.43. The minimum atomic E-state index is -1.05. The number of aromatic hydroxyl groups is 1. The molecule has 0 radical (unpaired) electrons. The largest absolute Gasteiger partial charge is 0.504 e. The summed E-state index contributed by atoms with van der Waals surface area (Å²) in [5.41, 5.74) is 0.218. The third kappa shape index (κ3) is 3.34. The number of halogens is 1. The highest BCUT2D eigenvalue weighted by molar-refractivity contribution is 8.18. The number of nitrogens with zero attached hydrogens (tertiary/aromatic N) is 1. The van der Waals surface area contributed by atoms with Crippen LogP contribution in [0.15, 0.2) is 17.0 Å². The van der Waals surface area contributed by atoms with Gasteiger partial charge in [0.05, 0.1) is 19.1 Å². The molecule has 7 nitrogen and oxygen atoms in total. The molecule has 1 N–H and O–H groups in total. The first-order valence-electron chi connectivity index (χ1n) is 6.71. The second-order valence-corrected chi connectivity index (χ2v) is 6.23. The van der Waals surface area contributed by atoms with Gasteiger partial charge in [-0.1, -0.05) is 11.6 Å². The first kappa shape index (κ1) is 18.2. The van der Waals surface area contributed by atoms with Gasteiger partial charge in [-0.15, -0.1) is 0 Å². The molecule has 24 heavy (non-hydrogen) atoms. The number of hydrogen-bond acceptors (Lipinski definition) is 7. The van der Waals surface area contributed by atoms with Crippen LogP contribution >= 0.6 is 23.4 Å². The van der Waals surface area contributed by atoms with Crippen LogP contribution in [0.25, 0.3) is 6.08 Å². The van der Waals surface area contributed by atoms with Gasteiger partial charge in [0, 0.05) is 16.7 Å². The summed E-state index contributed by atoms with van der Waals surface area (Å²) in [5.74, 6) is -1.43. The summed E-state index contributed by atoms with van der Waals surface area (Å²) in [6.07, 6.45) is 1.32. The standard InChI is InChI=1S/C15H14ClNO6S/c1-7(14(20)23-3)17-13(19)11(24-15(17)21)5-8-4-9(16)6-10(22-2)12(8)18/h4-7,18H,1-3H3/b11-5-/t7-/m0/s1. The molecule has 0 saturated carbocycles. The predicted octanol–water partition coefficient (Wildman–Crippen LogP) is 2.65. The molecular formula is C15H14ClNO6S. The Hall–Kier alpha value is -2.19. The highest BCUT2D eigenvalue weighted by Gasteiger charge is 2.41. The van der Waals surface area contributed by atoms with Crippen molar-refractivity contribution in [3.63, 3.8) is 0 Å². The van der Waals surface area contributed by atoms with E-state index in [4.69, 9.17) is 16.3 Å². The van der Waals surface area contributed by atoms with Crippen molar-refractivity contribution in [2.75, 3.05) is 14.2 Å². The fourth-order valence-corrected chi connectivity index (χ4v) is 3.21. The van der Waals surface area contributed by atoms with Crippen molar-refractivity contribution in [3.8, 4) is 11.5 Å². The average molecular weight is 372 g/mol. The van der Waals surface area contributed by atoms with Gasteiger partial charge in [-0.25, -0.2) is 4.79 Å². The number of thioether (sulfide) groups is 1. The van der Waals surface area contributed by atoms with E-state index in [9.17, 15) is 19.5 Å². The third-order valence-electron chi connectivity index (χ3n) is 3.33. The number of benzene rings is 1. The van der Waals surface area contributed by atoms with Crippen LogP contribution < -0.4 is 4.74 Å². The van der Waals surface area contributed by atoms with E-state index in [0.717, 1.165) is 4.90 Å². The number of phenolic OH excluding ortho intramolecular Hbond substituents is 1. The Morgan fingerprint density at radius 2 is 2.04 bits per heavy atom. The Balaban J connectivity index is 2.39. The smallest absolute Gasteiger partial charge is 0.328 e. The zero-order valence-electron chi connectivity index (χ0n) is 13.0. The monoisotopic (exact) mass is 371 g/mol. The van der Waals surface area contributed by atoms with Gasteiger partial charge in [0.2, 0.25) is 0 Å². The first-order valence-corrected chi connectivity index (χ1v) is 7.91. The van der Waals surface area contributed by atoms with Gasteiger partial charge in [0.25, 0.3) is 11.1 Å². The zero-order valence-corrected chi connectivity index (χ0v) is 14.6. The molecule has 128 valence electrons. The van der Waals surface area contributed by atoms with E-state index in [2.05, 4.69) is 4.74 Å². The number of carbonyl (C=O) groups is 3. The number of methoxy groups -OCH3 is 2. The van der Waals surface area contributed by atoms with Crippen molar-refractivity contribution >= 4 is 46.6 Å². The highest BCUT2D eigenvalue weighted by Crippen LogP contribution is 2.39. The van der Waals surface area contributed by atoms with E-state index in [1.54, 1.807) is 0 Å². The number of phenols is 1. The molecule has 1 saturated heterocycles. The van der Waals surface area contributed by atoms with Crippen molar-refractivity contribution in [3.05, 3.63) is 27.6 Å². The summed E-state index contributed by atoms with van der Waals surface area (Å²) in [6, 6.07) is 1.80. The van der Waals surface area contributed by atoms with Crippen LogP contribution in [0, 0.1) is 0 Å². The Morgan fingerprint density at radius 1 is 1.38 bits per heavy atom. The molecule has 1 fully saturated rings. The minimum absolute atomic E-state index is 0.0513. The zero-order chi connectivity index (χ0) is 18.0. The second kappa shape index (κ2) is 7.14. The summed E-state index contributed by atoms with van der Waals surface area (Å²) >= 11 is 6.60. The van der Waals surface area contributed by atoms with Crippen LogP contribution in [0.2, 0.25) is 5.02 Å². The number of hydrogen-bond donors (Lipinski definition) is 1. The molecule has 2 rings (SSSR count).